The minimum absolute atomic E-state index is 0.879. The molecule has 1 aliphatic rings. The number of fused-ring (bicyclic) bond motifs is 1. The minimum atomic E-state index is 0.879. The molecule has 1 N–H and O–H groups in total. The van der Waals surface area contributed by atoms with Crippen LogP contribution in [0.4, 0.5) is 5.82 Å². The zero-order valence-corrected chi connectivity index (χ0v) is 13.1. The molecule has 0 amide bonds. The Hall–Kier alpha value is -1.61. The van der Waals surface area contributed by atoms with E-state index in [4.69, 9.17) is 4.98 Å². The van der Waals surface area contributed by atoms with Gasteiger partial charge in [-0.2, -0.15) is 0 Å². The van der Waals surface area contributed by atoms with Crippen LogP contribution in [-0.4, -0.2) is 29.5 Å². The molecule has 1 fully saturated rings. The van der Waals surface area contributed by atoms with Gasteiger partial charge in [0, 0.05) is 24.0 Å². The van der Waals surface area contributed by atoms with E-state index in [0.717, 1.165) is 30.3 Å². The number of aromatic nitrogens is 1. The first-order chi connectivity index (χ1) is 10.3. The summed E-state index contributed by atoms with van der Waals surface area (Å²) < 4.78 is 0. The summed E-state index contributed by atoms with van der Waals surface area (Å²) in [5, 5.41) is 4.66. The summed E-state index contributed by atoms with van der Waals surface area (Å²) in [5.41, 5.74) is 2.40. The Labute approximate surface area is 127 Å². The number of nitrogens with one attached hydrogen (secondary N) is 1. The number of hydrogen-bond donors (Lipinski definition) is 1. The molecule has 3 heteroatoms. The second-order valence-electron chi connectivity index (χ2n) is 6.18. The molecule has 3 rings (SSSR count). The number of rotatable bonds is 4. The first kappa shape index (κ1) is 14.3. The van der Waals surface area contributed by atoms with Gasteiger partial charge in [0.05, 0.1) is 5.52 Å². The smallest absolute Gasteiger partial charge is 0.131 e. The Morgan fingerprint density at radius 3 is 2.76 bits per heavy atom. The summed E-state index contributed by atoms with van der Waals surface area (Å²) in [6, 6.07) is 10.7. The van der Waals surface area contributed by atoms with Crippen molar-refractivity contribution in [3.05, 3.63) is 35.9 Å². The van der Waals surface area contributed by atoms with Crippen LogP contribution in [0.1, 0.15) is 32.3 Å². The molecule has 112 valence electrons. The van der Waals surface area contributed by atoms with Crippen LogP contribution in [0.5, 0.6) is 0 Å². The SMILES string of the molecule is CCNc1nc2ccccc2cc1CN1CCC(C)CC1. The van der Waals surface area contributed by atoms with Gasteiger partial charge in [-0.1, -0.05) is 25.1 Å². The maximum atomic E-state index is 4.81. The van der Waals surface area contributed by atoms with Crippen molar-refractivity contribution >= 4 is 16.7 Å². The van der Waals surface area contributed by atoms with E-state index in [1.807, 2.05) is 0 Å². The predicted molar refractivity (Wildman–Crippen MR) is 89.6 cm³/mol. The maximum Gasteiger partial charge on any atom is 0.131 e. The predicted octanol–water partition coefficient (Wildman–Crippen LogP) is 3.90. The van der Waals surface area contributed by atoms with Crippen LogP contribution in [-0.2, 0) is 6.54 Å². The van der Waals surface area contributed by atoms with Crippen LogP contribution in [0.25, 0.3) is 10.9 Å². The first-order valence-electron chi connectivity index (χ1n) is 8.11. The highest BCUT2D eigenvalue weighted by molar-refractivity contribution is 5.81. The lowest BCUT2D eigenvalue weighted by atomic mass is 9.99. The van der Waals surface area contributed by atoms with Crippen molar-refractivity contribution in [1.82, 2.24) is 9.88 Å². The third-order valence-corrected chi connectivity index (χ3v) is 4.42. The summed E-state index contributed by atoms with van der Waals surface area (Å²) in [6.07, 6.45) is 2.63. The summed E-state index contributed by atoms with van der Waals surface area (Å²) in [4.78, 5) is 7.37. The zero-order valence-electron chi connectivity index (χ0n) is 13.1. The van der Waals surface area contributed by atoms with Gasteiger partial charge in [0.1, 0.15) is 5.82 Å². The molecule has 0 spiro atoms. The van der Waals surface area contributed by atoms with Gasteiger partial charge in [0.2, 0.25) is 0 Å². The summed E-state index contributed by atoms with van der Waals surface area (Å²) in [5.74, 6) is 1.93. The molecule has 0 unspecified atom stereocenters. The molecule has 2 heterocycles. The van der Waals surface area contributed by atoms with Crippen LogP contribution in [0, 0.1) is 5.92 Å². The number of nitrogens with zero attached hydrogens (tertiary/aromatic N) is 2. The lowest BCUT2D eigenvalue weighted by molar-refractivity contribution is 0.185. The first-order valence-corrected chi connectivity index (χ1v) is 8.11. The Morgan fingerprint density at radius 2 is 2.00 bits per heavy atom. The van der Waals surface area contributed by atoms with E-state index < -0.39 is 0 Å². The molecular formula is C18H25N3. The van der Waals surface area contributed by atoms with E-state index in [1.165, 1.54) is 36.9 Å². The molecule has 2 aromatic rings. The van der Waals surface area contributed by atoms with Gasteiger partial charge >= 0.3 is 0 Å². The second-order valence-corrected chi connectivity index (χ2v) is 6.18. The number of hydrogen-bond acceptors (Lipinski definition) is 3. The number of anilines is 1. The third-order valence-electron chi connectivity index (χ3n) is 4.42. The van der Waals surface area contributed by atoms with Crippen LogP contribution in [0.15, 0.2) is 30.3 Å². The fraction of sp³-hybridized carbons (Fsp3) is 0.500. The standard InChI is InChI=1S/C18H25N3/c1-3-19-18-16(13-21-10-8-14(2)9-11-21)12-15-6-4-5-7-17(15)20-18/h4-7,12,14H,3,8-11,13H2,1-2H3,(H,19,20). The van der Waals surface area contributed by atoms with Crippen LogP contribution in [0.3, 0.4) is 0 Å². The van der Waals surface area contributed by atoms with E-state index in [9.17, 15) is 0 Å². The van der Waals surface area contributed by atoms with Crippen molar-refractivity contribution in [2.75, 3.05) is 25.0 Å². The van der Waals surface area contributed by atoms with Gasteiger partial charge in [-0.05, 0) is 50.9 Å². The van der Waals surface area contributed by atoms with Gasteiger partial charge in [-0.25, -0.2) is 4.98 Å². The van der Waals surface area contributed by atoms with E-state index in [-0.39, 0.29) is 0 Å². The lowest BCUT2D eigenvalue weighted by Gasteiger charge is -2.30. The molecular weight excluding hydrogens is 258 g/mol. The van der Waals surface area contributed by atoms with Crippen molar-refractivity contribution in [3.8, 4) is 0 Å². The number of benzene rings is 1. The number of para-hydroxylation sites is 1. The van der Waals surface area contributed by atoms with Crippen LogP contribution in [0.2, 0.25) is 0 Å². The molecule has 3 nitrogen and oxygen atoms in total. The van der Waals surface area contributed by atoms with Gasteiger partial charge in [-0.15, -0.1) is 0 Å². The highest BCUT2D eigenvalue weighted by Gasteiger charge is 2.17. The van der Waals surface area contributed by atoms with Crippen molar-refractivity contribution < 1.29 is 0 Å². The topological polar surface area (TPSA) is 28.2 Å². The van der Waals surface area contributed by atoms with Crippen molar-refractivity contribution in [2.45, 2.75) is 33.2 Å². The molecule has 1 aromatic carbocycles. The average Bonchev–Trinajstić information content (AvgIpc) is 2.50. The van der Waals surface area contributed by atoms with Gasteiger partial charge < -0.3 is 5.32 Å². The zero-order chi connectivity index (χ0) is 14.7. The minimum Gasteiger partial charge on any atom is -0.370 e. The van der Waals surface area contributed by atoms with Crippen LogP contribution < -0.4 is 5.32 Å². The summed E-state index contributed by atoms with van der Waals surface area (Å²) >= 11 is 0. The molecule has 1 saturated heterocycles. The van der Waals surface area contributed by atoms with E-state index >= 15 is 0 Å². The molecule has 0 radical (unpaired) electrons. The fourth-order valence-corrected chi connectivity index (χ4v) is 3.06. The summed E-state index contributed by atoms with van der Waals surface area (Å²) in [7, 11) is 0. The molecule has 0 saturated carbocycles. The Morgan fingerprint density at radius 1 is 1.24 bits per heavy atom. The third kappa shape index (κ3) is 3.35. The quantitative estimate of drug-likeness (QED) is 0.922. The molecule has 0 atom stereocenters. The Balaban J connectivity index is 1.86. The van der Waals surface area contributed by atoms with E-state index in [1.54, 1.807) is 0 Å². The highest BCUT2D eigenvalue weighted by atomic mass is 15.1. The summed E-state index contributed by atoms with van der Waals surface area (Å²) in [6.45, 7) is 8.82. The number of likely N-dealkylation sites (tertiary alicyclic amines) is 1. The largest absolute Gasteiger partial charge is 0.370 e. The fourth-order valence-electron chi connectivity index (χ4n) is 3.06. The lowest BCUT2D eigenvalue weighted by Crippen LogP contribution is -2.32. The van der Waals surface area contributed by atoms with E-state index in [0.29, 0.717) is 0 Å². The van der Waals surface area contributed by atoms with Crippen molar-refractivity contribution in [1.29, 1.82) is 0 Å². The number of pyridine rings is 1. The normalized spacial score (nSPS) is 17.2. The van der Waals surface area contributed by atoms with Gasteiger partial charge in [-0.3, -0.25) is 4.90 Å². The average molecular weight is 283 g/mol. The Kier molecular flexibility index (Phi) is 4.39. The highest BCUT2D eigenvalue weighted by Crippen LogP contribution is 2.24. The monoisotopic (exact) mass is 283 g/mol. The van der Waals surface area contributed by atoms with E-state index in [2.05, 4.69) is 54.4 Å². The van der Waals surface area contributed by atoms with Gasteiger partial charge in [0.15, 0.2) is 0 Å². The molecule has 0 aliphatic carbocycles. The second kappa shape index (κ2) is 6.44. The van der Waals surface area contributed by atoms with Gasteiger partial charge in [0.25, 0.3) is 0 Å². The number of piperidine rings is 1. The van der Waals surface area contributed by atoms with Crippen molar-refractivity contribution in [3.63, 3.8) is 0 Å². The Bertz CT molecular complexity index is 600. The maximum absolute atomic E-state index is 4.81. The van der Waals surface area contributed by atoms with Crippen LogP contribution >= 0.6 is 0 Å². The van der Waals surface area contributed by atoms with Crippen molar-refractivity contribution in [2.24, 2.45) is 5.92 Å². The molecule has 21 heavy (non-hydrogen) atoms. The molecule has 1 aliphatic heterocycles. The molecule has 0 bridgehead atoms. The molecule has 1 aromatic heterocycles.